The van der Waals surface area contributed by atoms with Gasteiger partial charge in [-0.05, 0) is 62.7 Å². The Bertz CT molecular complexity index is 1240. The van der Waals surface area contributed by atoms with Crippen LogP contribution in [0.3, 0.4) is 0 Å². The van der Waals surface area contributed by atoms with Gasteiger partial charge in [-0.15, -0.1) is 0 Å². The Morgan fingerprint density at radius 3 is 2.58 bits per heavy atom. The van der Waals surface area contributed by atoms with Crippen molar-refractivity contribution in [3.05, 3.63) is 72.5 Å². The van der Waals surface area contributed by atoms with E-state index in [1.807, 2.05) is 12.1 Å². The third-order valence-electron chi connectivity index (χ3n) is 4.43. The highest BCUT2D eigenvalue weighted by atomic mass is 19.1. The van der Waals surface area contributed by atoms with Gasteiger partial charge in [-0.1, -0.05) is 30.3 Å². The van der Waals surface area contributed by atoms with Crippen molar-refractivity contribution >= 4 is 17.1 Å². The van der Waals surface area contributed by atoms with E-state index in [-0.39, 0.29) is 12.4 Å². The Hall–Kier alpha value is -3.67. The minimum absolute atomic E-state index is 0.194. The summed E-state index contributed by atoms with van der Waals surface area (Å²) in [4.78, 5) is 16.4. The van der Waals surface area contributed by atoms with E-state index in [1.165, 1.54) is 6.07 Å². The van der Waals surface area contributed by atoms with Gasteiger partial charge in [0, 0.05) is 11.1 Å². The number of oxazole rings is 1. The zero-order chi connectivity index (χ0) is 22.0. The number of rotatable bonds is 5. The lowest BCUT2D eigenvalue weighted by Gasteiger charge is -2.19. The molecule has 1 heterocycles. The number of nitrogens with zero attached hydrogens (tertiary/aromatic N) is 1. The number of hydrogen-bond acceptors (Lipinski definition) is 5. The van der Waals surface area contributed by atoms with Crippen LogP contribution >= 0.6 is 0 Å². The molecule has 0 saturated carbocycles. The first-order valence-corrected chi connectivity index (χ1v) is 9.89. The van der Waals surface area contributed by atoms with Gasteiger partial charge in [0.05, 0.1) is 0 Å². The summed E-state index contributed by atoms with van der Waals surface area (Å²) in [5.41, 5.74) is 2.56. The fourth-order valence-electron chi connectivity index (χ4n) is 3.14. The maximum absolute atomic E-state index is 14.1. The first kappa shape index (κ1) is 20.6. The highest BCUT2D eigenvalue weighted by Crippen LogP contribution is 2.30. The minimum Gasteiger partial charge on any atom is -0.482 e. The average molecular weight is 419 g/mol. The van der Waals surface area contributed by atoms with E-state index in [2.05, 4.69) is 4.98 Å². The second kappa shape index (κ2) is 8.22. The molecule has 3 aromatic carbocycles. The highest BCUT2D eigenvalue weighted by Gasteiger charge is 2.17. The molecule has 0 N–H and O–H groups in total. The van der Waals surface area contributed by atoms with Crippen LogP contribution in [0.5, 0.6) is 5.75 Å². The Kier molecular flexibility index (Phi) is 5.46. The van der Waals surface area contributed by atoms with Crippen molar-refractivity contribution in [2.24, 2.45) is 0 Å². The number of carbonyl (C=O) groups is 1. The molecular formula is C25H22FNO4. The molecule has 0 aliphatic heterocycles. The molecule has 0 bridgehead atoms. The van der Waals surface area contributed by atoms with Crippen LogP contribution in [-0.4, -0.2) is 23.2 Å². The lowest BCUT2D eigenvalue weighted by atomic mass is 10.1. The molecule has 31 heavy (non-hydrogen) atoms. The largest absolute Gasteiger partial charge is 0.482 e. The zero-order valence-electron chi connectivity index (χ0n) is 17.5. The van der Waals surface area contributed by atoms with Crippen LogP contribution in [-0.2, 0) is 9.53 Å². The van der Waals surface area contributed by atoms with Crippen LogP contribution in [0, 0.1) is 5.82 Å². The van der Waals surface area contributed by atoms with E-state index in [4.69, 9.17) is 13.9 Å². The molecule has 5 nitrogen and oxygen atoms in total. The summed E-state index contributed by atoms with van der Waals surface area (Å²) in [5.74, 6) is 0.165. The van der Waals surface area contributed by atoms with Gasteiger partial charge in [0.15, 0.2) is 12.2 Å². The summed E-state index contributed by atoms with van der Waals surface area (Å²) >= 11 is 0. The Balaban J connectivity index is 1.56. The van der Waals surface area contributed by atoms with Gasteiger partial charge in [0.2, 0.25) is 5.89 Å². The van der Waals surface area contributed by atoms with Gasteiger partial charge >= 0.3 is 5.97 Å². The second-order valence-corrected chi connectivity index (χ2v) is 8.08. The van der Waals surface area contributed by atoms with E-state index in [1.54, 1.807) is 69.3 Å². The molecule has 0 amide bonds. The maximum atomic E-state index is 14.1. The van der Waals surface area contributed by atoms with Crippen LogP contribution < -0.4 is 4.74 Å². The number of ether oxygens (including phenoxy) is 2. The first-order valence-electron chi connectivity index (χ1n) is 9.89. The van der Waals surface area contributed by atoms with Crippen molar-refractivity contribution in [1.82, 2.24) is 4.98 Å². The van der Waals surface area contributed by atoms with Crippen LogP contribution in [0.25, 0.3) is 33.7 Å². The van der Waals surface area contributed by atoms with Gasteiger partial charge < -0.3 is 13.9 Å². The van der Waals surface area contributed by atoms with Gasteiger partial charge in [-0.2, -0.15) is 0 Å². The summed E-state index contributed by atoms with van der Waals surface area (Å²) in [7, 11) is 0. The summed E-state index contributed by atoms with van der Waals surface area (Å²) in [6.45, 7) is 5.21. The molecule has 0 spiro atoms. The van der Waals surface area contributed by atoms with Gasteiger partial charge in [-0.25, -0.2) is 14.2 Å². The molecule has 0 radical (unpaired) electrons. The topological polar surface area (TPSA) is 61.6 Å². The van der Waals surface area contributed by atoms with Gasteiger partial charge in [0.25, 0.3) is 0 Å². The normalized spacial score (nSPS) is 11.5. The third kappa shape index (κ3) is 4.91. The van der Waals surface area contributed by atoms with Crippen molar-refractivity contribution in [2.45, 2.75) is 26.4 Å². The lowest BCUT2D eigenvalue weighted by molar-refractivity contribution is -0.157. The number of fused-ring (bicyclic) bond motifs is 1. The molecule has 0 atom stereocenters. The Morgan fingerprint density at radius 1 is 1.00 bits per heavy atom. The van der Waals surface area contributed by atoms with Crippen LogP contribution in [0.2, 0.25) is 0 Å². The Morgan fingerprint density at radius 2 is 1.81 bits per heavy atom. The van der Waals surface area contributed by atoms with Crippen molar-refractivity contribution in [3.8, 4) is 28.3 Å². The molecule has 0 aliphatic carbocycles. The van der Waals surface area contributed by atoms with Crippen molar-refractivity contribution < 1.29 is 23.1 Å². The summed E-state index contributed by atoms with van der Waals surface area (Å²) in [5, 5.41) is 0. The molecular weight excluding hydrogens is 397 g/mol. The predicted molar refractivity (Wildman–Crippen MR) is 116 cm³/mol. The molecule has 0 aliphatic rings. The fraction of sp³-hybridized carbons (Fsp3) is 0.200. The number of aromatic nitrogens is 1. The van der Waals surface area contributed by atoms with Crippen LogP contribution in [0.1, 0.15) is 20.8 Å². The smallest absolute Gasteiger partial charge is 0.344 e. The summed E-state index contributed by atoms with van der Waals surface area (Å²) in [6.07, 6.45) is 0. The van der Waals surface area contributed by atoms with Crippen molar-refractivity contribution in [1.29, 1.82) is 0 Å². The predicted octanol–water partition coefficient (Wildman–Crippen LogP) is 6.02. The average Bonchev–Trinajstić information content (AvgIpc) is 3.15. The first-order chi connectivity index (χ1) is 14.8. The van der Waals surface area contributed by atoms with Crippen LogP contribution in [0.4, 0.5) is 4.39 Å². The van der Waals surface area contributed by atoms with E-state index in [0.29, 0.717) is 39.4 Å². The molecule has 4 rings (SSSR count). The minimum atomic E-state index is -0.567. The van der Waals surface area contributed by atoms with E-state index in [9.17, 15) is 9.18 Å². The van der Waals surface area contributed by atoms with Gasteiger partial charge in [0.1, 0.15) is 22.7 Å². The Labute approximate surface area is 179 Å². The number of esters is 1. The standard InChI is InChI=1S/C25H22FNO4/c1-25(2,3)31-23(28)15-29-18-8-6-7-17(13-18)24-27-21-12-11-16(14-22(21)30-24)19-9-4-5-10-20(19)26/h4-14H,15H2,1-3H3. The molecule has 4 aromatic rings. The number of halogens is 1. The number of hydrogen-bond donors (Lipinski definition) is 0. The molecule has 6 heteroatoms. The van der Waals surface area contributed by atoms with E-state index < -0.39 is 11.6 Å². The highest BCUT2D eigenvalue weighted by molar-refractivity contribution is 5.82. The zero-order valence-corrected chi connectivity index (χ0v) is 17.5. The molecule has 0 saturated heterocycles. The van der Waals surface area contributed by atoms with Crippen LogP contribution in [0.15, 0.2) is 71.1 Å². The van der Waals surface area contributed by atoms with Crippen molar-refractivity contribution in [3.63, 3.8) is 0 Å². The van der Waals surface area contributed by atoms with Crippen molar-refractivity contribution in [2.75, 3.05) is 6.61 Å². The summed E-state index contributed by atoms with van der Waals surface area (Å²) in [6, 6.07) is 19.1. The van der Waals surface area contributed by atoms with E-state index in [0.717, 1.165) is 0 Å². The monoisotopic (exact) mass is 419 g/mol. The molecule has 1 aromatic heterocycles. The molecule has 0 fully saturated rings. The maximum Gasteiger partial charge on any atom is 0.344 e. The number of carbonyl (C=O) groups excluding carboxylic acids is 1. The second-order valence-electron chi connectivity index (χ2n) is 8.08. The van der Waals surface area contributed by atoms with Gasteiger partial charge in [-0.3, -0.25) is 0 Å². The third-order valence-corrected chi connectivity index (χ3v) is 4.43. The fourth-order valence-corrected chi connectivity index (χ4v) is 3.14. The SMILES string of the molecule is CC(C)(C)OC(=O)COc1cccc(-c2nc3ccc(-c4ccccc4F)cc3o2)c1. The quantitative estimate of drug-likeness (QED) is 0.370. The number of benzene rings is 3. The molecule has 158 valence electrons. The van der Waals surface area contributed by atoms with E-state index >= 15 is 0 Å². The lowest BCUT2D eigenvalue weighted by Crippen LogP contribution is -2.27. The molecule has 0 unspecified atom stereocenters. The summed E-state index contributed by atoms with van der Waals surface area (Å²) < 4.78 is 30.8.